The minimum atomic E-state index is -0.407. The van der Waals surface area contributed by atoms with Gasteiger partial charge in [-0.05, 0) is 38.0 Å². The van der Waals surface area contributed by atoms with Crippen molar-refractivity contribution in [2.45, 2.75) is 38.1 Å². The Labute approximate surface area is 123 Å². The number of ether oxygens (including phenoxy) is 3. The first-order valence-corrected chi connectivity index (χ1v) is 9.33. The van der Waals surface area contributed by atoms with E-state index in [1.54, 1.807) is 14.2 Å². The highest BCUT2D eigenvalue weighted by Gasteiger charge is 2.50. The van der Waals surface area contributed by atoms with Crippen molar-refractivity contribution in [2.24, 2.45) is 17.3 Å². The second kappa shape index (κ2) is 6.87. The van der Waals surface area contributed by atoms with Gasteiger partial charge in [0.05, 0.1) is 21.5 Å². The molecule has 0 saturated heterocycles. The van der Waals surface area contributed by atoms with Gasteiger partial charge in [0, 0.05) is 14.2 Å². The second-order valence-corrected chi connectivity index (χ2v) is 8.09. The van der Waals surface area contributed by atoms with Gasteiger partial charge in [-0.15, -0.1) is 0 Å². The molecule has 2 rings (SSSR count). The van der Waals surface area contributed by atoms with Gasteiger partial charge in [0.1, 0.15) is 5.91 Å². The summed E-state index contributed by atoms with van der Waals surface area (Å²) in [5.74, 6) is 0.958. The van der Waals surface area contributed by atoms with Crippen LogP contribution in [0.1, 0.15) is 26.2 Å². The lowest BCUT2D eigenvalue weighted by Gasteiger charge is -2.28. The lowest BCUT2D eigenvalue weighted by Crippen LogP contribution is -2.34. The molecule has 1 fully saturated rings. The van der Waals surface area contributed by atoms with Gasteiger partial charge in [0.25, 0.3) is 0 Å². The summed E-state index contributed by atoms with van der Waals surface area (Å²) in [5, 5.41) is 0. The molecule has 0 N–H and O–H groups in total. The van der Waals surface area contributed by atoms with E-state index in [-0.39, 0.29) is 17.3 Å². The van der Waals surface area contributed by atoms with Crippen LogP contribution >= 0.6 is 0 Å². The van der Waals surface area contributed by atoms with Crippen molar-refractivity contribution in [3.8, 4) is 0 Å². The van der Waals surface area contributed by atoms with Crippen molar-refractivity contribution in [2.75, 3.05) is 20.8 Å². The summed E-state index contributed by atoms with van der Waals surface area (Å²) >= 11 is 0. The summed E-state index contributed by atoms with van der Waals surface area (Å²) in [4.78, 5) is 12.3. The minimum absolute atomic E-state index is 0.00829. The van der Waals surface area contributed by atoms with Crippen LogP contribution in [-0.2, 0) is 19.0 Å². The number of allylic oxidation sites excluding steroid dienone is 2. The Bertz CT molecular complexity index is 367. The van der Waals surface area contributed by atoms with Crippen LogP contribution in [-0.4, -0.2) is 42.2 Å². The standard InChI is InChI=1S/C15H26O4Si/c1-15(10-11-5-6-12(15)9-11)13(16)19-7-4-8-20-14(17-2)18-3/h5-6,11-12,14H,4,7-10,20H2,1-3H3. The van der Waals surface area contributed by atoms with E-state index in [1.807, 2.05) is 0 Å². The first-order valence-electron chi connectivity index (χ1n) is 7.51. The molecule has 0 aromatic rings. The molecule has 2 bridgehead atoms. The quantitative estimate of drug-likeness (QED) is 0.225. The maximum Gasteiger partial charge on any atom is 0.312 e. The van der Waals surface area contributed by atoms with Crippen molar-refractivity contribution >= 4 is 15.5 Å². The third-order valence-corrected chi connectivity index (χ3v) is 6.78. The predicted molar refractivity (Wildman–Crippen MR) is 80.2 cm³/mol. The van der Waals surface area contributed by atoms with Gasteiger partial charge in [-0.2, -0.15) is 0 Å². The smallest absolute Gasteiger partial charge is 0.312 e. The molecule has 0 heterocycles. The van der Waals surface area contributed by atoms with E-state index in [1.165, 1.54) is 0 Å². The number of carbonyl (C=O) groups is 1. The van der Waals surface area contributed by atoms with Crippen LogP contribution in [0.15, 0.2) is 12.2 Å². The van der Waals surface area contributed by atoms with E-state index >= 15 is 0 Å². The summed E-state index contributed by atoms with van der Waals surface area (Å²) in [7, 11) is 2.94. The highest BCUT2D eigenvalue weighted by molar-refractivity contribution is 6.36. The minimum Gasteiger partial charge on any atom is -0.465 e. The second-order valence-electron chi connectivity index (χ2n) is 6.14. The molecule has 0 spiro atoms. The zero-order valence-corrected chi connectivity index (χ0v) is 14.2. The van der Waals surface area contributed by atoms with E-state index in [2.05, 4.69) is 19.1 Å². The number of fused-ring (bicyclic) bond motifs is 2. The van der Waals surface area contributed by atoms with Crippen molar-refractivity contribution < 1.29 is 19.0 Å². The summed E-state index contributed by atoms with van der Waals surface area (Å²) in [6.45, 7) is 2.59. The van der Waals surface area contributed by atoms with Gasteiger partial charge < -0.3 is 14.2 Å². The molecule has 0 aliphatic heterocycles. The largest absolute Gasteiger partial charge is 0.465 e. The average molecular weight is 298 g/mol. The van der Waals surface area contributed by atoms with Crippen molar-refractivity contribution in [1.29, 1.82) is 0 Å². The summed E-state index contributed by atoms with van der Waals surface area (Å²) in [5.41, 5.74) is -0.279. The third kappa shape index (κ3) is 3.32. The number of carbonyl (C=O) groups excluding carboxylic acids is 1. The van der Waals surface area contributed by atoms with E-state index < -0.39 is 9.52 Å². The normalized spacial score (nSPS) is 31.8. The van der Waals surface area contributed by atoms with Crippen LogP contribution in [0.3, 0.4) is 0 Å². The highest BCUT2D eigenvalue weighted by Crippen LogP contribution is 2.52. The molecule has 2 aliphatic carbocycles. The molecule has 3 unspecified atom stereocenters. The third-order valence-electron chi connectivity index (χ3n) is 4.74. The molecule has 1 saturated carbocycles. The molecule has 0 aromatic heterocycles. The first-order chi connectivity index (χ1) is 9.60. The molecule has 0 radical (unpaired) electrons. The van der Waals surface area contributed by atoms with Gasteiger partial charge in [-0.25, -0.2) is 0 Å². The van der Waals surface area contributed by atoms with Crippen molar-refractivity contribution in [1.82, 2.24) is 0 Å². The molecule has 0 amide bonds. The van der Waals surface area contributed by atoms with E-state index in [0.717, 1.165) is 25.3 Å². The zero-order valence-electron chi connectivity index (χ0n) is 12.8. The maximum absolute atomic E-state index is 12.3. The number of rotatable bonds is 8. The Morgan fingerprint density at radius 2 is 2.15 bits per heavy atom. The van der Waals surface area contributed by atoms with Gasteiger partial charge in [-0.1, -0.05) is 18.2 Å². The molecule has 0 aromatic carbocycles. The molecule has 20 heavy (non-hydrogen) atoms. The maximum atomic E-state index is 12.3. The lowest BCUT2D eigenvalue weighted by atomic mass is 9.78. The predicted octanol–water partition coefficient (Wildman–Crippen LogP) is 1.69. The lowest BCUT2D eigenvalue weighted by molar-refractivity contribution is -0.156. The topological polar surface area (TPSA) is 44.8 Å². The summed E-state index contributed by atoms with van der Waals surface area (Å²) in [6.07, 6.45) is 7.45. The van der Waals surface area contributed by atoms with Crippen LogP contribution < -0.4 is 0 Å². The number of hydrogen-bond acceptors (Lipinski definition) is 4. The fourth-order valence-electron chi connectivity index (χ4n) is 3.40. The average Bonchev–Trinajstić information content (AvgIpc) is 3.03. The Morgan fingerprint density at radius 1 is 1.40 bits per heavy atom. The molecule has 4 nitrogen and oxygen atoms in total. The van der Waals surface area contributed by atoms with Crippen LogP contribution in [0.4, 0.5) is 0 Å². The molecule has 5 heteroatoms. The fourth-order valence-corrected chi connectivity index (χ4v) is 4.70. The Balaban J connectivity index is 1.65. The van der Waals surface area contributed by atoms with E-state index in [9.17, 15) is 4.79 Å². The number of methoxy groups -OCH3 is 2. The molecule has 2 aliphatic rings. The summed E-state index contributed by atoms with van der Waals surface area (Å²) in [6, 6.07) is 1.07. The molecular formula is C15H26O4Si. The monoisotopic (exact) mass is 298 g/mol. The fraction of sp³-hybridized carbons (Fsp3) is 0.800. The first kappa shape index (κ1) is 15.7. The van der Waals surface area contributed by atoms with Crippen LogP contribution in [0.2, 0.25) is 6.04 Å². The van der Waals surface area contributed by atoms with Crippen LogP contribution in [0.5, 0.6) is 0 Å². The van der Waals surface area contributed by atoms with Crippen molar-refractivity contribution in [3.05, 3.63) is 12.2 Å². The molecule has 3 atom stereocenters. The Kier molecular flexibility index (Phi) is 5.40. The van der Waals surface area contributed by atoms with Gasteiger partial charge in [-0.3, -0.25) is 4.79 Å². The zero-order chi connectivity index (χ0) is 14.6. The van der Waals surface area contributed by atoms with Crippen LogP contribution in [0.25, 0.3) is 0 Å². The molecular weight excluding hydrogens is 272 g/mol. The SMILES string of the molecule is COC(OC)[SiH2]CCCOC(=O)C1(C)CC2C=CC1C2. The van der Waals surface area contributed by atoms with Crippen LogP contribution in [0, 0.1) is 17.3 Å². The number of esters is 1. The summed E-state index contributed by atoms with van der Waals surface area (Å²) < 4.78 is 15.9. The van der Waals surface area contributed by atoms with Gasteiger partial charge in [0.15, 0.2) is 0 Å². The Hall–Kier alpha value is -0.653. The molecule has 114 valence electrons. The Morgan fingerprint density at radius 3 is 2.70 bits per heavy atom. The van der Waals surface area contributed by atoms with Crippen molar-refractivity contribution in [3.63, 3.8) is 0 Å². The number of hydrogen-bond donors (Lipinski definition) is 0. The highest BCUT2D eigenvalue weighted by atomic mass is 28.2. The van der Waals surface area contributed by atoms with E-state index in [4.69, 9.17) is 14.2 Å². The van der Waals surface area contributed by atoms with Gasteiger partial charge >= 0.3 is 5.97 Å². The van der Waals surface area contributed by atoms with Gasteiger partial charge in [0.2, 0.25) is 0 Å². The van der Waals surface area contributed by atoms with E-state index in [0.29, 0.717) is 18.4 Å².